The number of fused-ring (bicyclic) bond motifs is 1. The molecule has 23 heavy (non-hydrogen) atoms. The number of anilines is 1. The largest absolute Gasteiger partial charge is 0.321 e. The Morgan fingerprint density at radius 3 is 2.70 bits per heavy atom. The van der Waals surface area contributed by atoms with Gasteiger partial charge in [0.1, 0.15) is 4.88 Å². The van der Waals surface area contributed by atoms with Crippen molar-refractivity contribution in [1.29, 1.82) is 0 Å². The van der Waals surface area contributed by atoms with E-state index in [9.17, 15) is 14.9 Å². The summed E-state index contributed by atoms with van der Waals surface area (Å²) in [6, 6.07) is 10.9. The van der Waals surface area contributed by atoms with Crippen molar-refractivity contribution < 1.29 is 9.72 Å². The maximum atomic E-state index is 12.4. The molecule has 0 saturated carbocycles. The molecule has 8 heteroatoms. The summed E-state index contributed by atoms with van der Waals surface area (Å²) in [4.78, 5) is 23.0. The summed E-state index contributed by atoms with van der Waals surface area (Å²) < 4.78 is 0.798. The van der Waals surface area contributed by atoms with E-state index in [1.807, 2.05) is 0 Å². The van der Waals surface area contributed by atoms with Crippen molar-refractivity contribution in [2.24, 2.45) is 0 Å². The number of nitrogens with one attached hydrogen (secondary N) is 1. The van der Waals surface area contributed by atoms with E-state index in [1.54, 1.807) is 24.3 Å². The molecule has 0 atom stereocenters. The minimum atomic E-state index is -0.524. The SMILES string of the molecule is O=C(Nc1cccc([N+](=O)[O-])c1)c1sc2cc(Cl)ccc2c1Cl. The van der Waals surface area contributed by atoms with Crippen LogP contribution in [0.4, 0.5) is 11.4 Å². The summed E-state index contributed by atoms with van der Waals surface area (Å²) in [5.41, 5.74) is 0.229. The molecule has 5 nitrogen and oxygen atoms in total. The number of hydrogen-bond donors (Lipinski definition) is 1. The van der Waals surface area contributed by atoms with Crippen molar-refractivity contribution in [2.75, 3.05) is 5.32 Å². The molecule has 0 spiro atoms. The standard InChI is InChI=1S/C15H8Cl2N2O3S/c16-8-4-5-11-12(6-8)23-14(13(11)17)15(20)18-9-2-1-3-10(7-9)19(21)22/h1-7H,(H,18,20). The van der Waals surface area contributed by atoms with E-state index in [-0.39, 0.29) is 5.69 Å². The highest BCUT2D eigenvalue weighted by atomic mass is 35.5. The average Bonchev–Trinajstić information content (AvgIpc) is 2.84. The highest BCUT2D eigenvalue weighted by Gasteiger charge is 2.18. The molecule has 0 aliphatic carbocycles. The molecule has 3 aromatic rings. The van der Waals surface area contributed by atoms with E-state index in [2.05, 4.69) is 5.32 Å². The molecule has 0 aliphatic heterocycles. The Hall–Kier alpha value is -2.15. The lowest BCUT2D eigenvalue weighted by Crippen LogP contribution is -2.10. The number of benzene rings is 2. The molecule has 0 aliphatic rings. The van der Waals surface area contributed by atoms with Crippen LogP contribution < -0.4 is 5.32 Å². The molecule has 116 valence electrons. The van der Waals surface area contributed by atoms with Gasteiger partial charge in [-0.2, -0.15) is 0 Å². The lowest BCUT2D eigenvalue weighted by molar-refractivity contribution is -0.384. The van der Waals surface area contributed by atoms with Crippen molar-refractivity contribution in [2.45, 2.75) is 0 Å². The van der Waals surface area contributed by atoms with Crippen LogP contribution in [0.5, 0.6) is 0 Å². The van der Waals surface area contributed by atoms with Gasteiger partial charge in [0.05, 0.1) is 9.95 Å². The third-order valence-electron chi connectivity index (χ3n) is 3.11. The van der Waals surface area contributed by atoms with Crippen molar-refractivity contribution in [3.63, 3.8) is 0 Å². The number of carbonyl (C=O) groups is 1. The van der Waals surface area contributed by atoms with E-state index in [0.29, 0.717) is 20.6 Å². The number of halogens is 2. The summed E-state index contributed by atoms with van der Waals surface area (Å²) in [6.07, 6.45) is 0. The van der Waals surface area contributed by atoms with Crippen LogP contribution in [0.3, 0.4) is 0 Å². The summed E-state index contributed by atoms with van der Waals surface area (Å²) >= 11 is 13.4. The third kappa shape index (κ3) is 3.14. The quantitative estimate of drug-likeness (QED) is 0.500. The number of nitro benzene ring substituents is 1. The number of non-ortho nitro benzene ring substituents is 1. The van der Waals surface area contributed by atoms with Gasteiger partial charge in [-0.25, -0.2) is 0 Å². The van der Waals surface area contributed by atoms with E-state index < -0.39 is 10.8 Å². The maximum Gasteiger partial charge on any atom is 0.271 e. The van der Waals surface area contributed by atoms with Gasteiger partial charge in [-0.3, -0.25) is 14.9 Å². The predicted octanol–water partition coefficient (Wildman–Crippen LogP) is 5.37. The maximum absolute atomic E-state index is 12.4. The Bertz CT molecular complexity index is 940. The molecule has 2 aromatic carbocycles. The van der Waals surface area contributed by atoms with Gasteiger partial charge in [-0.05, 0) is 18.2 Å². The Balaban J connectivity index is 1.93. The van der Waals surface area contributed by atoms with Gasteiger partial charge in [0.25, 0.3) is 11.6 Å². The molecule has 1 amide bonds. The molecule has 1 N–H and O–H groups in total. The topological polar surface area (TPSA) is 72.2 Å². The van der Waals surface area contributed by atoms with Crippen LogP contribution in [0.2, 0.25) is 10.0 Å². The summed E-state index contributed by atoms with van der Waals surface area (Å²) in [7, 11) is 0. The van der Waals surface area contributed by atoms with Gasteiger partial charge in [-0.15, -0.1) is 11.3 Å². The second-order valence-electron chi connectivity index (χ2n) is 4.65. The number of amides is 1. The molecule has 0 bridgehead atoms. The molecule has 0 radical (unpaired) electrons. The first-order valence-corrected chi connectivity index (χ1v) is 7.96. The van der Waals surface area contributed by atoms with Crippen LogP contribution in [0.1, 0.15) is 9.67 Å². The molecule has 0 saturated heterocycles. The predicted molar refractivity (Wildman–Crippen MR) is 92.9 cm³/mol. The number of hydrogen-bond acceptors (Lipinski definition) is 4. The minimum absolute atomic E-state index is 0.1000. The zero-order valence-electron chi connectivity index (χ0n) is 11.4. The Morgan fingerprint density at radius 2 is 1.96 bits per heavy atom. The van der Waals surface area contributed by atoms with Crippen molar-refractivity contribution in [1.82, 2.24) is 0 Å². The van der Waals surface area contributed by atoms with Crippen LogP contribution >= 0.6 is 34.5 Å². The number of nitro groups is 1. The lowest BCUT2D eigenvalue weighted by atomic mass is 10.2. The van der Waals surface area contributed by atoms with Gasteiger partial charge in [-0.1, -0.05) is 35.3 Å². The normalized spacial score (nSPS) is 10.7. The minimum Gasteiger partial charge on any atom is -0.321 e. The molecule has 1 aromatic heterocycles. The first kappa shape index (κ1) is 15.7. The Morgan fingerprint density at radius 1 is 1.17 bits per heavy atom. The molecular weight excluding hydrogens is 359 g/mol. The first-order chi connectivity index (χ1) is 11.0. The average molecular weight is 367 g/mol. The smallest absolute Gasteiger partial charge is 0.271 e. The molecule has 3 rings (SSSR count). The summed E-state index contributed by atoms with van der Waals surface area (Å²) in [5, 5.41) is 15.0. The van der Waals surface area contributed by atoms with Crippen LogP contribution in [0, 0.1) is 10.1 Å². The monoisotopic (exact) mass is 366 g/mol. The number of rotatable bonds is 3. The van der Waals surface area contributed by atoms with Crippen molar-refractivity contribution in [3.05, 3.63) is 67.5 Å². The fraction of sp³-hybridized carbons (Fsp3) is 0. The second kappa shape index (κ2) is 6.16. The fourth-order valence-corrected chi connectivity index (χ4v) is 3.76. The highest BCUT2D eigenvalue weighted by Crippen LogP contribution is 2.37. The highest BCUT2D eigenvalue weighted by molar-refractivity contribution is 7.21. The van der Waals surface area contributed by atoms with Gasteiger partial charge in [0.2, 0.25) is 0 Å². The summed E-state index contributed by atoms with van der Waals surface area (Å²) in [5.74, 6) is -0.423. The lowest BCUT2D eigenvalue weighted by Gasteiger charge is -2.03. The van der Waals surface area contributed by atoms with E-state index in [4.69, 9.17) is 23.2 Å². The van der Waals surface area contributed by atoms with Crippen LogP contribution in [-0.4, -0.2) is 10.8 Å². The third-order valence-corrected chi connectivity index (χ3v) is 5.00. The zero-order chi connectivity index (χ0) is 16.6. The summed E-state index contributed by atoms with van der Waals surface area (Å²) in [6.45, 7) is 0. The number of nitrogens with zero attached hydrogens (tertiary/aromatic N) is 1. The van der Waals surface area contributed by atoms with Gasteiger partial charge >= 0.3 is 0 Å². The van der Waals surface area contributed by atoms with E-state index in [1.165, 1.54) is 29.5 Å². The van der Waals surface area contributed by atoms with E-state index >= 15 is 0 Å². The number of thiophene rings is 1. The van der Waals surface area contributed by atoms with Gasteiger partial charge < -0.3 is 5.32 Å². The second-order valence-corrected chi connectivity index (χ2v) is 6.51. The van der Waals surface area contributed by atoms with Crippen LogP contribution in [-0.2, 0) is 0 Å². The molecule has 0 fully saturated rings. The van der Waals surface area contributed by atoms with Crippen molar-refractivity contribution >= 4 is 61.9 Å². The molecule has 0 unspecified atom stereocenters. The van der Waals surface area contributed by atoms with E-state index in [0.717, 1.165) is 10.1 Å². The van der Waals surface area contributed by atoms with Gasteiger partial charge in [0, 0.05) is 32.9 Å². The van der Waals surface area contributed by atoms with Crippen LogP contribution in [0.15, 0.2) is 42.5 Å². The van der Waals surface area contributed by atoms with Crippen LogP contribution in [0.25, 0.3) is 10.1 Å². The molecule has 1 heterocycles. The Kier molecular flexibility index (Phi) is 4.21. The fourth-order valence-electron chi connectivity index (χ4n) is 2.07. The Labute approximate surface area is 144 Å². The first-order valence-electron chi connectivity index (χ1n) is 6.39. The molecular formula is C15H8Cl2N2O3S. The number of carbonyl (C=O) groups excluding carboxylic acids is 1. The van der Waals surface area contributed by atoms with Gasteiger partial charge in [0.15, 0.2) is 0 Å². The van der Waals surface area contributed by atoms with Crippen molar-refractivity contribution in [3.8, 4) is 0 Å². The zero-order valence-corrected chi connectivity index (χ0v) is 13.7.